The molecule has 7 heteroatoms. The first kappa shape index (κ1) is 15.7. The second kappa shape index (κ2) is 6.50. The summed E-state index contributed by atoms with van der Waals surface area (Å²) >= 11 is 5.76. The maximum atomic E-state index is 12.2. The Balaban J connectivity index is 1.69. The maximum absolute atomic E-state index is 12.2. The molecular formula is C16H16ClN3O3. The highest BCUT2D eigenvalue weighted by Gasteiger charge is 2.43. The van der Waals surface area contributed by atoms with Gasteiger partial charge in [0, 0.05) is 22.5 Å². The van der Waals surface area contributed by atoms with Gasteiger partial charge < -0.3 is 10.4 Å². The predicted molar refractivity (Wildman–Crippen MR) is 85.4 cm³/mol. The molecule has 23 heavy (non-hydrogen) atoms. The topological polar surface area (TPSA) is 91.1 Å². The number of hydrogen-bond acceptors (Lipinski definition) is 4. The van der Waals surface area contributed by atoms with Crippen LogP contribution < -0.4 is 5.32 Å². The first-order valence-electron chi connectivity index (χ1n) is 7.52. The number of allylic oxidation sites excluding steroid dienone is 2. The lowest BCUT2D eigenvalue weighted by molar-refractivity contribution is -0.120. The Hall–Kier alpha value is -2.21. The first-order valence-corrected chi connectivity index (χ1v) is 7.89. The Morgan fingerprint density at radius 2 is 1.83 bits per heavy atom. The van der Waals surface area contributed by atoms with Gasteiger partial charge in [0.25, 0.3) is 0 Å². The number of fused-ring (bicyclic) bond motifs is 1. The van der Waals surface area contributed by atoms with Crippen molar-refractivity contribution in [2.45, 2.75) is 25.7 Å². The van der Waals surface area contributed by atoms with Gasteiger partial charge in [-0.1, -0.05) is 29.6 Å². The molecule has 2 amide bonds. The summed E-state index contributed by atoms with van der Waals surface area (Å²) in [5.41, 5.74) is 0.441. The zero-order chi connectivity index (χ0) is 16.4. The van der Waals surface area contributed by atoms with Crippen LogP contribution in [0.15, 0.2) is 46.0 Å². The van der Waals surface area contributed by atoms with Crippen molar-refractivity contribution < 1.29 is 14.7 Å². The van der Waals surface area contributed by atoms with Gasteiger partial charge in [-0.25, -0.2) is 4.79 Å². The quantitative estimate of drug-likeness (QED) is 0.781. The molecule has 1 fully saturated rings. The molecule has 0 aromatic heterocycles. The van der Waals surface area contributed by atoms with Gasteiger partial charge in [-0.15, -0.1) is 5.11 Å². The maximum Gasteiger partial charge on any atom is 0.364 e. The summed E-state index contributed by atoms with van der Waals surface area (Å²) in [7, 11) is 0. The van der Waals surface area contributed by atoms with E-state index in [1.807, 2.05) is 0 Å². The number of urea groups is 1. The van der Waals surface area contributed by atoms with Gasteiger partial charge in [0.05, 0.1) is 0 Å². The summed E-state index contributed by atoms with van der Waals surface area (Å²) in [6.07, 6.45) is 3.49. The van der Waals surface area contributed by atoms with Crippen molar-refractivity contribution in [3.63, 3.8) is 0 Å². The van der Waals surface area contributed by atoms with Crippen LogP contribution in [0.4, 0.5) is 10.5 Å². The molecule has 1 saturated carbocycles. The van der Waals surface area contributed by atoms with Gasteiger partial charge in [0.15, 0.2) is 11.5 Å². The molecule has 1 aromatic rings. The van der Waals surface area contributed by atoms with Crippen LogP contribution in [0.1, 0.15) is 25.7 Å². The molecule has 0 radical (unpaired) electrons. The number of anilines is 1. The van der Waals surface area contributed by atoms with Gasteiger partial charge in [0.2, 0.25) is 0 Å². The number of nitrogens with one attached hydrogen (secondary N) is 1. The summed E-state index contributed by atoms with van der Waals surface area (Å²) in [5, 5.41) is 20.4. The lowest BCUT2D eigenvalue weighted by atomic mass is 9.80. The highest BCUT2D eigenvalue weighted by Crippen LogP contribution is 2.42. The number of halogens is 1. The van der Waals surface area contributed by atoms with E-state index in [-0.39, 0.29) is 29.1 Å². The van der Waals surface area contributed by atoms with Crippen molar-refractivity contribution >= 4 is 29.1 Å². The number of aliphatic hydroxyl groups is 1. The van der Waals surface area contributed by atoms with E-state index in [4.69, 9.17) is 11.6 Å². The molecule has 3 rings (SSSR count). The molecule has 0 heterocycles. The number of hydrogen-bond donors (Lipinski definition) is 2. The van der Waals surface area contributed by atoms with Crippen molar-refractivity contribution in [2.24, 2.45) is 22.1 Å². The number of benzene rings is 1. The van der Waals surface area contributed by atoms with Crippen LogP contribution in [-0.4, -0.2) is 16.9 Å². The Labute approximate surface area is 138 Å². The largest absolute Gasteiger partial charge is 0.510 e. The minimum Gasteiger partial charge on any atom is -0.510 e. The van der Waals surface area contributed by atoms with Gasteiger partial charge in [-0.05, 0) is 37.1 Å². The minimum absolute atomic E-state index is 0.0252. The molecule has 0 aliphatic heterocycles. The number of azo groups is 1. The number of nitrogens with zero attached hydrogens (tertiary/aromatic N) is 2. The van der Waals surface area contributed by atoms with Crippen LogP contribution in [0.5, 0.6) is 0 Å². The molecule has 2 aliphatic carbocycles. The van der Waals surface area contributed by atoms with E-state index in [1.165, 1.54) is 0 Å². The van der Waals surface area contributed by atoms with Crippen LogP contribution in [0.25, 0.3) is 0 Å². The van der Waals surface area contributed by atoms with E-state index in [0.717, 1.165) is 25.7 Å². The monoisotopic (exact) mass is 333 g/mol. The average Bonchev–Trinajstić information content (AvgIpc) is 2.80. The molecule has 0 saturated heterocycles. The number of amides is 2. The van der Waals surface area contributed by atoms with Crippen LogP contribution in [-0.2, 0) is 4.79 Å². The predicted octanol–water partition coefficient (Wildman–Crippen LogP) is 4.48. The number of rotatable bonds is 2. The second-order valence-electron chi connectivity index (χ2n) is 5.73. The highest BCUT2D eigenvalue weighted by atomic mass is 35.5. The first-order chi connectivity index (χ1) is 11.1. The van der Waals surface area contributed by atoms with Crippen LogP contribution in [0.3, 0.4) is 0 Å². The number of carbonyl (C=O) groups excluding carboxylic acids is 2. The Morgan fingerprint density at radius 3 is 2.48 bits per heavy atom. The van der Waals surface area contributed by atoms with E-state index >= 15 is 0 Å². The van der Waals surface area contributed by atoms with E-state index < -0.39 is 6.03 Å². The van der Waals surface area contributed by atoms with Crippen LogP contribution >= 0.6 is 11.6 Å². The van der Waals surface area contributed by atoms with Crippen molar-refractivity contribution in [3.05, 3.63) is 40.7 Å². The summed E-state index contributed by atoms with van der Waals surface area (Å²) in [6, 6.07) is 5.81. The van der Waals surface area contributed by atoms with Crippen molar-refractivity contribution in [2.75, 3.05) is 5.32 Å². The van der Waals surface area contributed by atoms with Crippen LogP contribution in [0.2, 0.25) is 5.02 Å². The summed E-state index contributed by atoms with van der Waals surface area (Å²) < 4.78 is 0. The van der Waals surface area contributed by atoms with Gasteiger partial charge in [-0.2, -0.15) is 0 Å². The summed E-state index contributed by atoms with van der Waals surface area (Å²) in [6.45, 7) is 0. The summed E-state index contributed by atoms with van der Waals surface area (Å²) in [5.74, 6) is -0.612. The number of carbonyl (C=O) groups is 2. The molecule has 2 unspecified atom stereocenters. The highest BCUT2D eigenvalue weighted by molar-refractivity contribution is 6.30. The van der Waals surface area contributed by atoms with Gasteiger partial charge >= 0.3 is 6.03 Å². The third-order valence-corrected chi connectivity index (χ3v) is 4.52. The lowest BCUT2D eigenvalue weighted by Gasteiger charge is -2.23. The van der Waals surface area contributed by atoms with E-state index in [1.54, 1.807) is 24.3 Å². The molecule has 2 N–H and O–H groups in total. The molecule has 0 bridgehead atoms. The molecule has 0 spiro atoms. The molecular weight excluding hydrogens is 318 g/mol. The van der Waals surface area contributed by atoms with Crippen molar-refractivity contribution in [3.8, 4) is 0 Å². The zero-order valence-electron chi connectivity index (χ0n) is 12.3. The van der Waals surface area contributed by atoms with E-state index in [0.29, 0.717) is 10.7 Å². The number of Topliss-reactive ketones (excluding diaryl/α,β-unsaturated/α-hetero) is 1. The molecule has 2 aliphatic rings. The SMILES string of the molecule is O=C(N=NC1=C(O)C2CCCCC2C1=O)Nc1ccc(Cl)cc1. The normalized spacial score (nSPS) is 24.1. The fourth-order valence-electron chi connectivity index (χ4n) is 3.13. The van der Waals surface area contributed by atoms with E-state index in [2.05, 4.69) is 15.5 Å². The molecule has 2 atom stereocenters. The summed E-state index contributed by atoms with van der Waals surface area (Å²) in [4.78, 5) is 24.0. The lowest BCUT2D eigenvalue weighted by Crippen LogP contribution is -2.21. The zero-order valence-corrected chi connectivity index (χ0v) is 13.1. The fraction of sp³-hybridized carbons (Fsp3) is 0.375. The van der Waals surface area contributed by atoms with Gasteiger partial charge in [-0.3, -0.25) is 4.79 Å². The Bertz CT molecular complexity index is 697. The smallest absolute Gasteiger partial charge is 0.364 e. The minimum atomic E-state index is -0.713. The Kier molecular flexibility index (Phi) is 4.43. The number of ketones is 1. The molecule has 1 aromatic carbocycles. The Morgan fingerprint density at radius 1 is 1.17 bits per heavy atom. The van der Waals surface area contributed by atoms with Crippen LogP contribution in [0, 0.1) is 11.8 Å². The van der Waals surface area contributed by atoms with Gasteiger partial charge in [0.1, 0.15) is 5.76 Å². The fourth-order valence-corrected chi connectivity index (χ4v) is 3.25. The van der Waals surface area contributed by atoms with Crippen molar-refractivity contribution in [1.82, 2.24) is 0 Å². The third kappa shape index (κ3) is 3.27. The second-order valence-corrected chi connectivity index (χ2v) is 6.17. The molecule has 120 valence electrons. The standard InChI is InChI=1S/C16H16ClN3O3/c17-9-5-7-10(8-6-9)18-16(23)20-19-13-14(21)11-3-1-2-4-12(11)15(13)22/h5-8,11-12,21H,1-4H2,(H,18,23). The van der Waals surface area contributed by atoms with Crippen molar-refractivity contribution in [1.29, 1.82) is 0 Å². The number of aliphatic hydroxyl groups excluding tert-OH is 1. The van der Waals surface area contributed by atoms with E-state index in [9.17, 15) is 14.7 Å². The third-order valence-electron chi connectivity index (χ3n) is 4.27. The molecule has 6 nitrogen and oxygen atoms in total. The average molecular weight is 334 g/mol.